The Bertz CT molecular complexity index is 563. The fraction of sp³-hybridized carbons (Fsp3) is 0.286. The van der Waals surface area contributed by atoms with Crippen LogP contribution in [0.25, 0.3) is 0 Å². The third kappa shape index (κ3) is 2.31. The van der Waals surface area contributed by atoms with Gasteiger partial charge in [0.05, 0.1) is 6.04 Å². The molecule has 1 atom stereocenters. The van der Waals surface area contributed by atoms with Gasteiger partial charge in [-0.1, -0.05) is 0 Å². The molecular formula is C14H15F2NS. The molecule has 0 saturated carbocycles. The molecule has 96 valence electrons. The van der Waals surface area contributed by atoms with Crippen molar-refractivity contribution in [2.24, 2.45) is 0 Å². The summed E-state index contributed by atoms with van der Waals surface area (Å²) in [6.45, 7) is 3.53. The molecule has 0 bridgehead atoms. The van der Waals surface area contributed by atoms with Crippen LogP contribution in [0.1, 0.15) is 27.6 Å². The molecule has 0 aliphatic rings. The van der Waals surface area contributed by atoms with Crippen molar-refractivity contribution < 1.29 is 8.78 Å². The van der Waals surface area contributed by atoms with Crippen LogP contribution in [0, 0.1) is 25.5 Å². The first-order valence-electron chi connectivity index (χ1n) is 5.71. The zero-order valence-corrected chi connectivity index (χ0v) is 11.4. The smallest absolute Gasteiger partial charge is 0.128 e. The number of rotatable bonds is 3. The van der Waals surface area contributed by atoms with Gasteiger partial charge in [0.15, 0.2) is 0 Å². The third-order valence-corrected chi connectivity index (χ3v) is 4.13. The fourth-order valence-corrected chi connectivity index (χ4v) is 3.04. The monoisotopic (exact) mass is 267 g/mol. The van der Waals surface area contributed by atoms with E-state index in [-0.39, 0.29) is 17.7 Å². The molecule has 0 aliphatic heterocycles. The van der Waals surface area contributed by atoms with Gasteiger partial charge >= 0.3 is 0 Å². The van der Waals surface area contributed by atoms with Crippen LogP contribution in [0.5, 0.6) is 0 Å². The van der Waals surface area contributed by atoms with Crippen molar-refractivity contribution in [2.75, 3.05) is 7.05 Å². The number of halogens is 2. The van der Waals surface area contributed by atoms with Gasteiger partial charge in [-0.3, -0.25) is 0 Å². The van der Waals surface area contributed by atoms with Gasteiger partial charge in [-0.25, -0.2) is 8.78 Å². The standard InChI is InChI=1S/C14H15F2NS/c1-8-4-5-18-14(8)13(17-3)10-7-11(15)9(2)6-12(10)16/h4-7,13,17H,1-3H3. The Balaban J connectivity index is 2.52. The van der Waals surface area contributed by atoms with E-state index in [4.69, 9.17) is 0 Å². The highest BCUT2D eigenvalue weighted by Crippen LogP contribution is 2.31. The lowest BCUT2D eigenvalue weighted by molar-refractivity contribution is 0.555. The first kappa shape index (κ1) is 13.2. The van der Waals surface area contributed by atoms with Crippen LogP contribution < -0.4 is 5.32 Å². The van der Waals surface area contributed by atoms with E-state index < -0.39 is 0 Å². The van der Waals surface area contributed by atoms with Gasteiger partial charge in [0, 0.05) is 10.4 Å². The van der Waals surface area contributed by atoms with Crippen LogP contribution in [-0.4, -0.2) is 7.05 Å². The van der Waals surface area contributed by atoms with E-state index in [1.807, 2.05) is 18.4 Å². The van der Waals surface area contributed by atoms with E-state index in [9.17, 15) is 8.78 Å². The van der Waals surface area contributed by atoms with Gasteiger partial charge in [0.25, 0.3) is 0 Å². The predicted molar refractivity (Wildman–Crippen MR) is 71.1 cm³/mol. The lowest BCUT2D eigenvalue weighted by Crippen LogP contribution is -2.19. The summed E-state index contributed by atoms with van der Waals surface area (Å²) in [6, 6.07) is 4.20. The van der Waals surface area contributed by atoms with Gasteiger partial charge in [-0.2, -0.15) is 0 Å². The van der Waals surface area contributed by atoms with E-state index in [0.717, 1.165) is 10.4 Å². The largest absolute Gasteiger partial charge is 0.309 e. The second-order valence-electron chi connectivity index (χ2n) is 4.31. The van der Waals surface area contributed by atoms with E-state index in [2.05, 4.69) is 5.32 Å². The summed E-state index contributed by atoms with van der Waals surface area (Å²) in [5, 5.41) is 5.01. The van der Waals surface area contributed by atoms with Crippen molar-refractivity contribution >= 4 is 11.3 Å². The Kier molecular flexibility index (Phi) is 3.78. The molecule has 0 spiro atoms. The topological polar surface area (TPSA) is 12.0 Å². The number of thiophene rings is 1. The number of hydrogen-bond acceptors (Lipinski definition) is 2. The summed E-state index contributed by atoms with van der Waals surface area (Å²) in [5.74, 6) is -0.748. The van der Waals surface area contributed by atoms with Gasteiger partial charge in [-0.05, 0) is 55.6 Å². The maximum Gasteiger partial charge on any atom is 0.128 e. The molecular weight excluding hydrogens is 252 g/mol. The SMILES string of the molecule is CNC(c1cc(F)c(C)cc1F)c1sccc1C. The summed E-state index contributed by atoms with van der Waals surface area (Å²) in [7, 11) is 1.75. The molecule has 1 aromatic heterocycles. The highest BCUT2D eigenvalue weighted by molar-refractivity contribution is 7.10. The van der Waals surface area contributed by atoms with Crippen LogP contribution >= 0.6 is 11.3 Å². The van der Waals surface area contributed by atoms with Crippen molar-refractivity contribution in [3.8, 4) is 0 Å². The minimum absolute atomic E-state index is 0.305. The molecule has 1 unspecified atom stereocenters. The molecule has 18 heavy (non-hydrogen) atoms. The molecule has 1 aromatic carbocycles. The highest BCUT2D eigenvalue weighted by atomic mass is 32.1. The maximum atomic E-state index is 14.0. The van der Waals surface area contributed by atoms with E-state index in [1.165, 1.54) is 12.1 Å². The second kappa shape index (κ2) is 5.16. The fourth-order valence-electron chi connectivity index (χ4n) is 1.99. The zero-order chi connectivity index (χ0) is 13.3. The van der Waals surface area contributed by atoms with Crippen LogP contribution in [-0.2, 0) is 0 Å². The van der Waals surface area contributed by atoms with Gasteiger partial charge in [-0.15, -0.1) is 11.3 Å². The second-order valence-corrected chi connectivity index (χ2v) is 5.26. The van der Waals surface area contributed by atoms with Crippen molar-refractivity contribution in [2.45, 2.75) is 19.9 Å². The lowest BCUT2D eigenvalue weighted by Gasteiger charge is -2.18. The first-order chi connectivity index (χ1) is 8.54. The van der Waals surface area contributed by atoms with Gasteiger partial charge in [0.2, 0.25) is 0 Å². The van der Waals surface area contributed by atoms with E-state index in [1.54, 1.807) is 25.3 Å². The Morgan fingerprint density at radius 1 is 1.11 bits per heavy atom. The Morgan fingerprint density at radius 3 is 2.39 bits per heavy atom. The average molecular weight is 267 g/mol. The Labute approximate surface area is 109 Å². The molecule has 4 heteroatoms. The maximum absolute atomic E-state index is 14.0. The molecule has 1 N–H and O–H groups in total. The first-order valence-corrected chi connectivity index (χ1v) is 6.59. The van der Waals surface area contributed by atoms with Crippen LogP contribution in [0.15, 0.2) is 23.6 Å². The minimum Gasteiger partial charge on any atom is -0.309 e. The summed E-state index contributed by atoms with van der Waals surface area (Å²) in [6.07, 6.45) is 0. The predicted octanol–water partition coefficient (Wildman–Crippen LogP) is 3.95. The zero-order valence-electron chi connectivity index (χ0n) is 10.6. The number of benzene rings is 1. The highest BCUT2D eigenvalue weighted by Gasteiger charge is 2.20. The molecule has 0 amide bonds. The van der Waals surface area contributed by atoms with Crippen molar-refractivity contribution in [1.82, 2.24) is 5.32 Å². The molecule has 0 aliphatic carbocycles. The summed E-state index contributed by atoms with van der Waals surface area (Å²) in [4.78, 5) is 1.01. The van der Waals surface area contributed by atoms with Crippen LogP contribution in [0.2, 0.25) is 0 Å². The van der Waals surface area contributed by atoms with Crippen molar-refractivity contribution in [3.05, 3.63) is 56.8 Å². The van der Waals surface area contributed by atoms with Gasteiger partial charge in [0.1, 0.15) is 11.6 Å². The van der Waals surface area contributed by atoms with Crippen LogP contribution in [0.4, 0.5) is 8.78 Å². The molecule has 2 rings (SSSR count). The number of nitrogens with one attached hydrogen (secondary N) is 1. The normalized spacial score (nSPS) is 12.7. The molecule has 0 saturated heterocycles. The van der Waals surface area contributed by atoms with E-state index >= 15 is 0 Å². The third-order valence-electron chi connectivity index (χ3n) is 3.04. The van der Waals surface area contributed by atoms with E-state index in [0.29, 0.717) is 11.1 Å². The van der Waals surface area contributed by atoms with Crippen LogP contribution in [0.3, 0.4) is 0 Å². The van der Waals surface area contributed by atoms with Gasteiger partial charge < -0.3 is 5.32 Å². The van der Waals surface area contributed by atoms with Crippen molar-refractivity contribution in [3.63, 3.8) is 0 Å². The molecule has 1 heterocycles. The quantitative estimate of drug-likeness (QED) is 0.887. The number of hydrogen-bond donors (Lipinski definition) is 1. The Hall–Kier alpha value is -1.26. The molecule has 0 fully saturated rings. The van der Waals surface area contributed by atoms with Crippen molar-refractivity contribution in [1.29, 1.82) is 0 Å². The minimum atomic E-state index is -0.374. The summed E-state index contributed by atoms with van der Waals surface area (Å²) < 4.78 is 27.6. The summed E-state index contributed by atoms with van der Waals surface area (Å²) >= 11 is 1.54. The lowest BCUT2D eigenvalue weighted by atomic mass is 10.0. The molecule has 0 radical (unpaired) electrons. The summed E-state index contributed by atoms with van der Waals surface area (Å²) in [5.41, 5.74) is 1.76. The molecule has 2 aromatic rings. The Morgan fingerprint density at radius 2 is 1.83 bits per heavy atom. The molecule has 1 nitrogen and oxygen atoms in total. The number of aryl methyl sites for hydroxylation is 2. The average Bonchev–Trinajstić information content (AvgIpc) is 2.73.